The number of hydrogen-bond donors (Lipinski definition) is 1. The maximum absolute atomic E-state index is 13.1. The van der Waals surface area contributed by atoms with Crippen molar-refractivity contribution in [1.82, 2.24) is 14.7 Å². The number of likely N-dealkylation sites (tertiary alicyclic amines) is 1. The summed E-state index contributed by atoms with van der Waals surface area (Å²) in [5.41, 5.74) is 0.902. The van der Waals surface area contributed by atoms with Gasteiger partial charge in [0.25, 0.3) is 0 Å². The predicted octanol–water partition coefficient (Wildman–Crippen LogP) is 3.72. The van der Waals surface area contributed by atoms with Crippen LogP contribution in [0.2, 0.25) is 10.0 Å². The summed E-state index contributed by atoms with van der Waals surface area (Å²) in [7, 11) is 0. The lowest BCUT2D eigenvalue weighted by molar-refractivity contribution is -0.141. The van der Waals surface area contributed by atoms with Crippen molar-refractivity contribution in [2.45, 2.75) is 31.8 Å². The number of anilines is 1. The summed E-state index contributed by atoms with van der Waals surface area (Å²) in [5, 5.41) is 8.19. The van der Waals surface area contributed by atoms with E-state index in [1.807, 2.05) is 0 Å². The summed E-state index contributed by atoms with van der Waals surface area (Å²) >= 11 is 12.0. The molecule has 3 aromatic rings. The van der Waals surface area contributed by atoms with Gasteiger partial charge in [-0.25, -0.2) is 0 Å². The minimum Gasteiger partial charge on any atom is -0.329 e. The Balaban J connectivity index is 1.54. The Morgan fingerprint density at radius 2 is 1.90 bits per heavy atom. The van der Waals surface area contributed by atoms with Crippen LogP contribution in [-0.4, -0.2) is 39.1 Å². The number of benzene rings is 2. The molecule has 0 radical (unpaired) electrons. The molecule has 4 rings (SSSR count). The van der Waals surface area contributed by atoms with Crippen LogP contribution in [0.15, 0.2) is 53.5 Å². The lowest BCUT2D eigenvalue weighted by Gasteiger charge is -2.35. The van der Waals surface area contributed by atoms with Crippen LogP contribution >= 0.6 is 23.2 Å². The molecule has 1 atom stereocenters. The monoisotopic (exact) mass is 458 g/mol. The standard InChI is InChI=1S/C22H20Cl2N4O3/c23-16-9-8-14(11-17(16)24)26-22(31)19-7-3-4-10-27(19)21(30)13-28-18-6-2-1-5-15(18)20(29)12-25-28/h1-2,5-6,8-9,11-12,19H,3-4,7,10,13H2,(H,26,31). The van der Waals surface area contributed by atoms with E-state index in [4.69, 9.17) is 23.2 Å². The first kappa shape index (κ1) is 21.3. The fourth-order valence-corrected chi connectivity index (χ4v) is 4.11. The van der Waals surface area contributed by atoms with E-state index in [1.165, 1.54) is 10.9 Å². The van der Waals surface area contributed by atoms with Gasteiger partial charge in [-0.2, -0.15) is 5.10 Å². The number of carbonyl (C=O) groups is 2. The van der Waals surface area contributed by atoms with E-state index in [0.717, 1.165) is 12.8 Å². The first-order valence-electron chi connectivity index (χ1n) is 9.94. The van der Waals surface area contributed by atoms with E-state index in [2.05, 4.69) is 10.4 Å². The number of nitrogens with zero attached hydrogens (tertiary/aromatic N) is 3. The third-order valence-corrected chi connectivity index (χ3v) is 6.10. The lowest BCUT2D eigenvalue weighted by Crippen LogP contribution is -2.51. The van der Waals surface area contributed by atoms with Crippen LogP contribution in [0.5, 0.6) is 0 Å². The molecule has 0 aliphatic carbocycles. The van der Waals surface area contributed by atoms with Gasteiger partial charge in [0.1, 0.15) is 12.6 Å². The number of para-hydroxylation sites is 1. The number of fused-ring (bicyclic) bond motifs is 1. The molecule has 1 saturated heterocycles. The molecule has 2 heterocycles. The van der Waals surface area contributed by atoms with Gasteiger partial charge in [-0.3, -0.25) is 19.1 Å². The SMILES string of the molecule is O=C(Nc1ccc(Cl)c(Cl)c1)C1CCCCN1C(=O)Cn1ncc(=O)c2ccccc21. The normalized spacial score (nSPS) is 16.3. The zero-order valence-electron chi connectivity index (χ0n) is 16.6. The molecule has 7 nitrogen and oxygen atoms in total. The van der Waals surface area contributed by atoms with Crippen LogP contribution in [0, 0.1) is 0 Å². The van der Waals surface area contributed by atoms with Gasteiger partial charge >= 0.3 is 0 Å². The molecule has 1 aromatic heterocycles. The van der Waals surface area contributed by atoms with Crippen molar-refractivity contribution in [2.75, 3.05) is 11.9 Å². The molecule has 0 spiro atoms. The topological polar surface area (TPSA) is 84.3 Å². The van der Waals surface area contributed by atoms with Crippen molar-refractivity contribution in [1.29, 1.82) is 0 Å². The van der Waals surface area contributed by atoms with Gasteiger partial charge in [0.05, 0.1) is 21.8 Å². The average Bonchev–Trinajstić information content (AvgIpc) is 2.78. The smallest absolute Gasteiger partial charge is 0.247 e. The largest absolute Gasteiger partial charge is 0.329 e. The second-order valence-electron chi connectivity index (χ2n) is 7.40. The van der Waals surface area contributed by atoms with Crippen LogP contribution in [0.3, 0.4) is 0 Å². The van der Waals surface area contributed by atoms with Gasteiger partial charge in [0.15, 0.2) is 0 Å². The van der Waals surface area contributed by atoms with E-state index in [-0.39, 0.29) is 23.8 Å². The first-order chi connectivity index (χ1) is 14.9. The van der Waals surface area contributed by atoms with Crippen molar-refractivity contribution in [2.24, 2.45) is 0 Å². The third kappa shape index (κ3) is 4.57. The van der Waals surface area contributed by atoms with Gasteiger partial charge in [0.2, 0.25) is 17.2 Å². The van der Waals surface area contributed by atoms with Gasteiger partial charge in [-0.15, -0.1) is 0 Å². The molecule has 31 heavy (non-hydrogen) atoms. The number of amides is 2. The fraction of sp³-hybridized carbons (Fsp3) is 0.273. The molecule has 1 unspecified atom stereocenters. The Hall–Kier alpha value is -2.90. The maximum Gasteiger partial charge on any atom is 0.247 e. The zero-order chi connectivity index (χ0) is 22.0. The fourth-order valence-electron chi connectivity index (χ4n) is 3.81. The van der Waals surface area contributed by atoms with Gasteiger partial charge in [0, 0.05) is 17.6 Å². The molecular weight excluding hydrogens is 439 g/mol. The van der Waals surface area contributed by atoms with Crippen molar-refractivity contribution in [3.63, 3.8) is 0 Å². The van der Waals surface area contributed by atoms with Crippen LogP contribution in [0.1, 0.15) is 19.3 Å². The highest BCUT2D eigenvalue weighted by atomic mass is 35.5. The molecule has 9 heteroatoms. The van der Waals surface area contributed by atoms with Gasteiger partial charge in [-0.05, 0) is 49.6 Å². The summed E-state index contributed by atoms with van der Waals surface area (Å²) in [6.07, 6.45) is 3.45. The molecule has 1 fully saturated rings. The summed E-state index contributed by atoms with van der Waals surface area (Å²) in [4.78, 5) is 39.7. The summed E-state index contributed by atoms with van der Waals surface area (Å²) in [6, 6.07) is 11.3. The first-order valence-corrected chi connectivity index (χ1v) is 10.7. The van der Waals surface area contributed by atoms with Crippen LogP contribution in [0.4, 0.5) is 5.69 Å². The molecular formula is C22H20Cl2N4O3. The Kier molecular flexibility index (Phi) is 6.25. The summed E-state index contributed by atoms with van der Waals surface area (Å²) < 4.78 is 1.50. The number of carbonyl (C=O) groups excluding carboxylic acids is 2. The quantitative estimate of drug-likeness (QED) is 0.645. The minimum atomic E-state index is -0.596. The minimum absolute atomic E-state index is 0.0582. The number of nitrogens with one attached hydrogen (secondary N) is 1. The van der Waals surface area contributed by atoms with Gasteiger partial charge in [-0.1, -0.05) is 35.3 Å². The summed E-state index contributed by atoms with van der Waals surface area (Å²) in [5.74, 6) is -0.501. The van der Waals surface area contributed by atoms with Gasteiger partial charge < -0.3 is 10.2 Å². The Bertz CT molecular complexity index is 1210. The lowest BCUT2D eigenvalue weighted by atomic mass is 10.0. The molecule has 0 bridgehead atoms. The average molecular weight is 459 g/mol. The zero-order valence-corrected chi connectivity index (χ0v) is 18.1. The molecule has 1 N–H and O–H groups in total. The van der Waals surface area contributed by atoms with E-state index >= 15 is 0 Å². The van der Waals surface area contributed by atoms with E-state index in [1.54, 1.807) is 47.4 Å². The highest BCUT2D eigenvalue weighted by Gasteiger charge is 2.32. The predicted molar refractivity (Wildman–Crippen MR) is 120 cm³/mol. The molecule has 0 saturated carbocycles. The van der Waals surface area contributed by atoms with Crippen molar-refractivity contribution >= 4 is 51.6 Å². The molecule has 2 aromatic carbocycles. The Labute approximate surface area is 188 Å². The Morgan fingerprint density at radius 3 is 2.71 bits per heavy atom. The Morgan fingerprint density at radius 1 is 1.10 bits per heavy atom. The number of rotatable bonds is 4. The second kappa shape index (κ2) is 9.08. The van der Waals surface area contributed by atoms with E-state index in [0.29, 0.717) is 39.6 Å². The van der Waals surface area contributed by atoms with Crippen LogP contribution in [-0.2, 0) is 16.1 Å². The van der Waals surface area contributed by atoms with Crippen LogP contribution in [0.25, 0.3) is 10.9 Å². The van der Waals surface area contributed by atoms with Crippen molar-refractivity contribution in [3.8, 4) is 0 Å². The number of hydrogen-bond acceptors (Lipinski definition) is 4. The molecule has 1 aliphatic rings. The van der Waals surface area contributed by atoms with Crippen LogP contribution < -0.4 is 10.7 Å². The molecule has 2 amide bonds. The number of halogens is 2. The number of piperidine rings is 1. The third-order valence-electron chi connectivity index (χ3n) is 5.36. The highest BCUT2D eigenvalue weighted by Crippen LogP contribution is 2.26. The summed E-state index contributed by atoms with van der Waals surface area (Å²) in [6.45, 7) is 0.424. The molecule has 160 valence electrons. The highest BCUT2D eigenvalue weighted by molar-refractivity contribution is 6.42. The van der Waals surface area contributed by atoms with Crippen molar-refractivity contribution in [3.05, 3.63) is 68.9 Å². The second-order valence-corrected chi connectivity index (χ2v) is 8.21. The van der Waals surface area contributed by atoms with E-state index in [9.17, 15) is 14.4 Å². The van der Waals surface area contributed by atoms with E-state index < -0.39 is 6.04 Å². The van der Waals surface area contributed by atoms with Crippen molar-refractivity contribution < 1.29 is 9.59 Å². The molecule has 1 aliphatic heterocycles. The maximum atomic E-state index is 13.1. The number of aromatic nitrogens is 2.